The van der Waals surface area contributed by atoms with Crippen molar-refractivity contribution in [2.45, 2.75) is 49.7 Å². The van der Waals surface area contributed by atoms with Gasteiger partial charge in [-0.05, 0) is 25.3 Å². The second-order valence-corrected chi connectivity index (χ2v) is 7.38. The molecule has 5 nitrogen and oxygen atoms in total. The molecule has 3 N–H and O–H groups in total. The maximum atomic E-state index is 13.3. The fourth-order valence-corrected chi connectivity index (χ4v) is 3.70. The first-order valence-electron chi connectivity index (χ1n) is 9.19. The maximum absolute atomic E-state index is 13.3. The molecule has 0 aliphatic carbocycles. The molecule has 2 fully saturated rings. The van der Waals surface area contributed by atoms with E-state index in [9.17, 15) is 13.6 Å². The zero-order chi connectivity index (χ0) is 18.6. The molecule has 0 radical (unpaired) electrons. The molecule has 1 amide bonds. The molecule has 0 saturated carbocycles. The summed E-state index contributed by atoms with van der Waals surface area (Å²) >= 11 is 0. The Morgan fingerprint density at radius 2 is 2.00 bits per heavy atom. The number of halogens is 2. The first kappa shape index (κ1) is 19.2. The van der Waals surface area contributed by atoms with E-state index in [1.54, 1.807) is 0 Å². The largest absolute Gasteiger partial charge is 0.381 e. The summed E-state index contributed by atoms with van der Waals surface area (Å²) in [6, 6.07) is 9.39. The van der Waals surface area contributed by atoms with Crippen LogP contribution in [0.4, 0.5) is 8.78 Å². The van der Waals surface area contributed by atoms with Crippen molar-refractivity contribution >= 4 is 5.91 Å². The minimum absolute atomic E-state index is 0.111. The average molecular weight is 367 g/mol. The molecule has 2 saturated heterocycles. The zero-order valence-electron chi connectivity index (χ0n) is 15.1. The molecule has 2 aliphatic rings. The van der Waals surface area contributed by atoms with E-state index in [1.165, 1.54) is 5.56 Å². The quantitative estimate of drug-likeness (QED) is 0.720. The number of ether oxygens (including phenoxy) is 1. The van der Waals surface area contributed by atoms with Crippen LogP contribution in [-0.2, 0) is 9.53 Å². The number of alkyl halides is 2. The summed E-state index contributed by atoms with van der Waals surface area (Å²) in [5, 5.41) is 9.13. The predicted molar refractivity (Wildman–Crippen MR) is 95.1 cm³/mol. The Kier molecular flexibility index (Phi) is 5.89. The van der Waals surface area contributed by atoms with Crippen molar-refractivity contribution in [1.82, 2.24) is 16.0 Å². The highest BCUT2D eigenvalue weighted by molar-refractivity contribution is 5.82. The highest BCUT2D eigenvalue weighted by Crippen LogP contribution is 2.27. The molecule has 3 rings (SSSR count). The number of rotatable bonds is 6. The molecule has 2 atom stereocenters. The summed E-state index contributed by atoms with van der Waals surface area (Å²) in [5.41, 5.74) is 0.867. The summed E-state index contributed by atoms with van der Waals surface area (Å²) < 4.78 is 32.1. The topological polar surface area (TPSA) is 62.4 Å². The number of amides is 1. The summed E-state index contributed by atoms with van der Waals surface area (Å²) in [7, 11) is 0. The van der Waals surface area contributed by atoms with Crippen LogP contribution >= 0.6 is 0 Å². The van der Waals surface area contributed by atoms with Crippen LogP contribution in [0.25, 0.3) is 0 Å². The van der Waals surface area contributed by atoms with Gasteiger partial charge in [0.2, 0.25) is 5.91 Å². The Labute approximate surface area is 152 Å². The number of hydrogen-bond donors (Lipinski definition) is 3. The number of carbonyl (C=O) groups is 1. The summed E-state index contributed by atoms with van der Waals surface area (Å²) in [6.07, 6.45) is 1.08. The van der Waals surface area contributed by atoms with Crippen molar-refractivity contribution in [2.75, 3.05) is 26.3 Å². The number of hydrogen-bond acceptors (Lipinski definition) is 4. The Morgan fingerprint density at radius 1 is 1.31 bits per heavy atom. The smallest absolute Gasteiger partial charge is 0.262 e. The molecular weight excluding hydrogens is 340 g/mol. The van der Waals surface area contributed by atoms with E-state index in [0.29, 0.717) is 19.8 Å². The van der Waals surface area contributed by atoms with Crippen LogP contribution in [0.1, 0.15) is 37.8 Å². The summed E-state index contributed by atoms with van der Waals surface area (Å²) in [6.45, 7) is 3.28. The SMILES string of the molecule is CC(NC1(CNC(=O)C2CC(F)(F)CN2)CCOCC1)c1ccccc1. The van der Waals surface area contributed by atoms with E-state index in [-0.39, 0.29) is 17.5 Å². The molecule has 1 aromatic rings. The van der Waals surface area contributed by atoms with Gasteiger partial charge in [0, 0.05) is 37.8 Å². The molecule has 2 heterocycles. The van der Waals surface area contributed by atoms with Crippen molar-refractivity contribution in [1.29, 1.82) is 0 Å². The lowest BCUT2D eigenvalue weighted by Crippen LogP contribution is -2.58. The van der Waals surface area contributed by atoms with Crippen LogP contribution in [0.15, 0.2) is 30.3 Å². The van der Waals surface area contributed by atoms with Gasteiger partial charge in [-0.3, -0.25) is 10.1 Å². The van der Waals surface area contributed by atoms with Crippen LogP contribution in [0.2, 0.25) is 0 Å². The second kappa shape index (κ2) is 7.98. The van der Waals surface area contributed by atoms with Gasteiger partial charge in [-0.25, -0.2) is 8.78 Å². The van der Waals surface area contributed by atoms with E-state index in [2.05, 4.69) is 35.0 Å². The van der Waals surface area contributed by atoms with E-state index < -0.39 is 24.9 Å². The van der Waals surface area contributed by atoms with Crippen molar-refractivity contribution in [3.8, 4) is 0 Å². The van der Waals surface area contributed by atoms with Crippen molar-refractivity contribution in [3.05, 3.63) is 35.9 Å². The van der Waals surface area contributed by atoms with Crippen LogP contribution in [0, 0.1) is 0 Å². The molecule has 144 valence electrons. The zero-order valence-corrected chi connectivity index (χ0v) is 15.1. The third kappa shape index (κ3) is 4.78. The lowest BCUT2D eigenvalue weighted by molar-refractivity contribution is -0.124. The first-order chi connectivity index (χ1) is 12.4. The third-order valence-corrected chi connectivity index (χ3v) is 5.30. The first-order valence-corrected chi connectivity index (χ1v) is 9.19. The number of nitrogens with one attached hydrogen (secondary N) is 3. The lowest BCUT2D eigenvalue weighted by Gasteiger charge is -2.40. The van der Waals surface area contributed by atoms with Gasteiger partial charge < -0.3 is 15.4 Å². The molecule has 0 bridgehead atoms. The van der Waals surface area contributed by atoms with Crippen molar-refractivity contribution < 1.29 is 18.3 Å². The normalized spacial score (nSPS) is 25.6. The predicted octanol–water partition coefficient (Wildman–Crippen LogP) is 2.00. The molecule has 0 aromatic heterocycles. The molecular formula is C19H27F2N3O2. The minimum atomic E-state index is -2.81. The summed E-state index contributed by atoms with van der Waals surface area (Å²) in [5.74, 6) is -3.17. The monoisotopic (exact) mass is 367 g/mol. The third-order valence-electron chi connectivity index (χ3n) is 5.30. The molecule has 0 spiro atoms. The molecule has 26 heavy (non-hydrogen) atoms. The number of benzene rings is 1. The Bertz CT molecular complexity index is 606. The van der Waals surface area contributed by atoms with Crippen LogP contribution in [-0.4, -0.2) is 49.7 Å². The van der Waals surface area contributed by atoms with Crippen LogP contribution in [0.5, 0.6) is 0 Å². The molecule has 7 heteroatoms. The van der Waals surface area contributed by atoms with Gasteiger partial charge >= 0.3 is 0 Å². The van der Waals surface area contributed by atoms with E-state index in [4.69, 9.17) is 4.74 Å². The van der Waals surface area contributed by atoms with Gasteiger partial charge in [-0.2, -0.15) is 0 Å². The Morgan fingerprint density at radius 3 is 2.62 bits per heavy atom. The molecule has 2 unspecified atom stereocenters. The van der Waals surface area contributed by atoms with Crippen LogP contribution in [0.3, 0.4) is 0 Å². The van der Waals surface area contributed by atoms with E-state index >= 15 is 0 Å². The maximum Gasteiger partial charge on any atom is 0.262 e. The summed E-state index contributed by atoms with van der Waals surface area (Å²) in [4.78, 5) is 12.3. The highest BCUT2D eigenvalue weighted by Gasteiger charge is 2.43. The van der Waals surface area contributed by atoms with Crippen molar-refractivity contribution in [2.24, 2.45) is 0 Å². The molecule has 2 aliphatic heterocycles. The van der Waals surface area contributed by atoms with Gasteiger partial charge in [0.1, 0.15) is 0 Å². The fraction of sp³-hybridized carbons (Fsp3) is 0.632. The van der Waals surface area contributed by atoms with E-state index in [0.717, 1.165) is 12.8 Å². The Balaban J connectivity index is 1.61. The van der Waals surface area contributed by atoms with E-state index in [1.807, 2.05) is 18.2 Å². The van der Waals surface area contributed by atoms with Gasteiger partial charge in [-0.15, -0.1) is 0 Å². The van der Waals surface area contributed by atoms with Gasteiger partial charge in [0.05, 0.1) is 12.6 Å². The Hall–Kier alpha value is -1.57. The van der Waals surface area contributed by atoms with Crippen LogP contribution < -0.4 is 16.0 Å². The second-order valence-electron chi connectivity index (χ2n) is 7.38. The standard InChI is InChI=1S/C19H27F2N3O2/c1-14(15-5-3-2-4-6-15)24-18(7-9-26-10-8-18)12-23-17(25)16-11-19(20,21)13-22-16/h2-6,14,16,22,24H,7-13H2,1H3,(H,23,25). The lowest BCUT2D eigenvalue weighted by atomic mass is 9.88. The fourth-order valence-electron chi connectivity index (χ4n) is 3.70. The van der Waals surface area contributed by atoms with Gasteiger partial charge in [0.15, 0.2) is 0 Å². The average Bonchev–Trinajstić information content (AvgIpc) is 3.01. The van der Waals surface area contributed by atoms with Gasteiger partial charge in [-0.1, -0.05) is 30.3 Å². The molecule has 1 aromatic carbocycles. The van der Waals surface area contributed by atoms with Crippen molar-refractivity contribution in [3.63, 3.8) is 0 Å². The van der Waals surface area contributed by atoms with Gasteiger partial charge in [0.25, 0.3) is 5.92 Å². The minimum Gasteiger partial charge on any atom is -0.381 e. The highest BCUT2D eigenvalue weighted by atomic mass is 19.3. The number of carbonyl (C=O) groups excluding carboxylic acids is 1.